The van der Waals surface area contributed by atoms with E-state index in [2.05, 4.69) is 5.32 Å². The summed E-state index contributed by atoms with van der Waals surface area (Å²) in [6.45, 7) is 1.67. The van der Waals surface area contributed by atoms with Gasteiger partial charge in [0.15, 0.2) is 0 Å². The Morgan fingerprint density at radius 1 is 1.29 bits per heavy atom. The number of rotatable bonds is 9. The molecule has 0 saturated heterocycles. The molecule has 24 heavy (non-hydrogen) atoms. The summed E-state index contributed by atoms with van der Waals surface area (Å²) in [6, 6.07) is 7.46. The maximum Gasteiger partial charge on any atom is 0.400 e. The monoisotopic (exact) mass is 347 g/mol. The van der Waals surface area contributed by atoms with Crippen LogP contribution in [-0.4, -0.2) is 36.9 Å². The fraction of sp³-hybridized carbons (Fsp3) is 0.588. The molecule has 0 heterocycles. The maximum absolute atomic E-state index is 13.1. The van der Waals surface area contributed by atoms with E-state index in [-0.39, 0.29) is 13.0 Å². The lowest BCUT2D eigenvalue weighted by Gasteiger charge is -2.27. The SMILES string of the molecule is CCCC[C@@H](C(=O)N[C@@H](COC)[C@@H](O)c1ccccc1)C(F)(F)F. The zero-order valence-corrected chi connectivity index (χ0v) is 13.8. The minimum absolute atomic E-state index is 0.0971. The molecule has 136 valence electrons. The summed E-state index contributed by atoms with van der Waals surface area (Å²) in [6.07, 6.45) is -5.18. The Labute approximate surface area is 140 Å². The number of carbonyl (C=O) groups is 1. The second-order valence-corrected chi connectivity index (χ2v) is 5.66. The van der Waals surface area contributed by atoms with E-state index in [1.165, 1.54) is 7.11 Å². The molecular weight excluding hydrogens is 323 g/mol. The number of halogens is 3. The lowest BCUT2D eigenvalue weighted by molar-refractivity contribution is -0.185. The average molecular weight is 347 g/mol. The van der Waals surface area contributed by atoms with Gasteiger partial charge in [-0.2, -0.15) is 13.2 Å². The van der Waals surface area contributed by atoms with E-state index >= 15 is 0 Å². The molecule has 0 aliphatic heterocycles. The van der Waals surface area contributed by atoms with E-state index < -0.39 is 30.1 Å². The molecule has 0 spiro atoms. The van der Waals surface area contributed by atoms with Crippen molar-refractivity contribution in [3.05, 3.63) is 35.9 Å². The molecule has 1 aromatic rings. The van der Waals surface area contributed by atoms with Gasteiger partial charge in [0.2, 0.25) is 5.91 Å². The van der Waals surface area contributed by atoms with Crippen molar-refractivity contribution < 1.29 is 27.8 Å². The molecule has 0 bridgehead atoms. The molecule has 0 fully saturated rings. The third-order valence-electron chi connectivity index (χ3n) is 3.75. The standard InChI is InChI=1S/C17H24F3NO3/c1-3-4-10-13(17(18,19)20)16(23)21-14(11-24-2)15(22)12-8-6-5-7-9-12/h5-9,13-15,22H,3-4,10-11H2,1-2H3,(H,21,23)/t13-,14-,15-/m0/s1. The van der Waals surface area contributed by atoms with E-state index in [0.717, 1.165) is 0 Å². The predicted molar refractivity (Wildman–Crippen MR) is 84.3 cm³/mol. The lowest BCUT2D eigenvalue weighted by atomic mass is 9.98. The van der Waals surface area contributed by atoms with E-state index in [1.807, 2.05) is 0 Å². The highest BCUT2D eigenvalue weighted by Crippen LogP contribution is 2.31. The number of aliphatic hydroxyl groups is 1. The summed E-state index contributed by atoms with van der Waals surface area (Å²) in [5.74, 6) is -3.22. The number of aliphatic hydroxyl groups excluding tert-OH is 1. The third-order valence-corrected chi connectivity index (χ3v) is 3.75. The smallest absolute Gasteiger partial charge is 0.386 e. The molecule has 2 N–H and O–H groups in total. The zero-order chi connectivity index (χ0) is 18.2. The van der Waals surface area contributed by atoms with Gasteiger partial charge in [-0.05, 0) is 12.0 Å². The Bertz CT molecular complexity index is 494. The van der Waals surface area contributed by atoms with Gasteiger partial charge in [-0.15, -0.1) is 0 Å². The van der Waals surface area contributed by atoms with Crippen LogP contribution in [0, 0.1) is 5.92 Å². The topological polar surface area (TPSA) is 58.6 Å². The van der Waals surface area contributed by atoms with Crippen LogP contribution in [0.1, 0.15) is 37.9 Å². The van der Waals surface area contributed by atoms with Crippen LogP contribution in [-0.2, 0) is 9.53 Å². The van der Waals surface area contributed by atoms with Crippen LogP contribution >= 0.6 is 0 Å². The first-order chi connectivity index (χ1) is 11.3. The van der Waals surface area contributed by atoms with Crippen LogP contribution in [0.2, 0.25) is 0 Å². The van der Waals surface area contributed by atoms with Gasteiger partial charge in [-0.3, -0.25) is 4.79 Å². The largest absolute Gasteiger partial charge is 0.400 e. The number of unbranched alkanes of at least 4 members (excludes halogenated alkanes) is 1. The lowest BCUT2D eigenvalue weighted by Crippen LogP contribution is -2.48. The Kier molecular flexibility index (Phi) is 8.21. The number of benzene rings is 1. The van der Waals surface area contributed by atoms with Gasteiger partial charge in [0.1, 0.15) is 12.0 Å². The molecule has 0 saturated carbocycles. The molecule has 0 aliphatic carbocycles. The minimum atomic E-state index is -4.62. The molecule has 0 unspecified atom stereocenters. The zero-order valence-electron chi connectivity index (χ0n) is 13.8. The van der Waals surface area contributed by atoms with Gasteiger partial charge < -0.3 is 15.2 Å². The van der Waals surface area contributed by atoms with Crippen molar-refractivity contribution in [1.82, 2.24) is 5.32 Å². The minimum Gasteiger partial charge on any atom is -0.386 e. The van der Waals surface area contributed by atoms with Crippen molar-refractivity contribution in [3.8, 4) is 0 Å². The van der Waals surface area contributed by atoms with E-state index in [9.17, 15) is 23.1 Å². The number of hydrogen-bond acceptors (Lipinski definition) is 3. The van der Waals surface area contributed by atoms with E-state index in [4.69, 9.17) is 4.74 Å². The van der Waals surface area contributed by atoms with E-state index in [1.54, 1.807) is 37.3 Å². The number of nitrogens with one attached hydrogen (secondary N) is 1. The Balaban J connectivity index is 2.87. The number of ether oxygens (including phenoxy) is 1. The van der Waals surface area contributed by atoms with Gasteiger partial charge in [-0.25, -0.2) is 0 Å². The van der Waals surface area contributed by atoms with Crippen LogP contribution in [0.3, 0.4) is 0 Å². The fourth-order valence-electron chi connectivity index (χ4n) is 2.41. The fourth-order valence-corrected chi connectivity index (χ4v) is 2.41. The van der Waals surface area contributed by atoms with Crippen molar-refractivity contribution in [1.29, 1.82) is 0 Å². The Morgan fingerprint density at radius 2 is 1.92 bits per heavy atom. The van der Waals surface area contributed by atoms with Crippen LogP contribution in [0.25, 0.3) is 0 Å². The second kappa shape index (κ2) is 9.64. The summed E-state index contributed by atoms with van der Waals surface area (Å²) in [4.78, 5) is 12.1. The van der Waals surface area contributed by atoms with Gasteiger partial charge in [0.25, 0.3) is 0 Å². The molecule has 0 aromatic heterocycles. The van der Waals surface area contributed by atoms with Crippen molar-refractivity contribution in [2.24, 2.45) is 5.92 Å². The molecule has 4 nitrogen and oxygen atoms in total. The second-order valence-electron chi connectivity index (χ2n) is 5.66. The highest BCUT2D eigenvalue weighted by atomic mass is 19.4. The first kappa shape index (κ1) is 20.4. The van der Waals surface area contributed by atoms with Crippen LogP contribution in [0.5, 0.6) is 0 Å². The predicted octanol–water partition coefficient (Wildman–Crippen LogP) is 3.22. The summed E-state index contributed by atoms with van der Waals surface area (Å²) in [7, 11) is 1.36. The Hall–Kier alpha value is -1.60. The first-order valence-electron chi connectivity index (χ1n) is 7.90. The number of hydrogen-bond donors (Lipinski definition) is 2. The van der Waals surface area contributed by atoms with E-state index in [0.29, 0.717) is 18.4 Å². The molecule has 1 rings (SSSR count). The molecule has 7 heteroatoms. The van der Waals surface area contributed by atoms with Crippen molar-refractivity contribution in [3.63, 3.8) is 0 Å². The molecular formula is C17H24F3NO3. The highest BCUT2D eigenvalue weighted by molar-refractivity contribution is 5.79. The maximum atomic E-state index is 13.1. The quantitative estimate of drug-likeness (QED) is 0.721. The molecule has 0 aliphatic rings. The summed E-state index contributed by atoms with van der Waals surface area (Å²) in [5.41, 5.74) is 0.497. The van der Waals surface area contributed by atoms with Gasteiger partial charge in [-0.1, -0.05) is 50.1 Å². The van der Waals surface area contributed by atoms with Gasteiger partial charge >= 0.3 is 6.18 Å². The Morgan fingerprint density at radius 3 is 2.42 bits per heavy atom. The number of amides is 1. The normalized spacial score (nSPS) is 15.6. The van der Waals surface area contributed by atoms with Gasteiger partial charge in [0, 0.05) is 7.11 Å². The van der Waals surface area contributed by atoms with Gasteiger partial charge in [0.05, 0.1) is 12.6 Å². The molecule has 0 radical (unpaired) electrons. The molecule has 1 aromatic carbocycles. The van der Waals surface area contributed by atoms with Crippen LogP contribution in [0.4, 0.5) is 13.2 Å². The summed E-state index contributed by atoms with van der Waals surface area (Å²) >= 11 is 0. The number of alkyl halides is 3. The van der Waals surface area contributed by atoms with Crippen molar-refractivity contribution in [2.45, 2.75) is 44.5 Å². The third kappa shape index (κ3) is 6.13. The summed E-state index contributed by atoms with van der Waals surface area (Å²) < 4.78 is 44.2. The average Bonchev–Trinajstić information content (AvgIpc) is 2.53. The first-order valence-corrected chi connectivity index (χ1v) is 7.90. The number of methoxy groups -OCH3 is 1. The molecule has 1 amide bonds. The van der Waals surface area contributed by atoms with Crippen molar-refractivity contribution >= 4 is 5.91 Å². The van der Waals surface area contributed by atoms with Crippen molar-refractivity contribution in [2.75, 3.05) is 13.7 Å². The van der Waals surface area contributed by atoms with Crippen LogP contribution < -0.4 is 5.32 Å². The summed E-state index contributed by atoms with van der Waals surface area (Å²) in [5, 5.41) is 12.6. The van der Waals surface area contributed by atoms with Crippen LogP contribution in [0.15, 0.2) is 30.3 Å². The highest BCUT2D eigenvalue weighted by Gasteiger charge is 2.44. The number of carbonyl (C=O) groups excluding carboxylic acids is 1. The molecule has 3 atom stereocenters.